The van der Waals surface area contributed by atoms with Crippen molar-refractivity contribution in [1.29, 1.82) is 0 Å². The molecule has 1 unspecified atom stereocenters. The number of aryl methyl sites for hydroxylation is 1. The van der Waals surface area contributed by atoms with E-state index in [4.69, 9.17) is 16.3 Å². The summed E-state index contributed by atoms with van der Waals surface area (Å²) in [5.41, 5.74) is 0.205. The van der Waals surface area contributed by atoms with E-state index in [0.717, 1.165) is 6.07 Å². The second-order valence-electron chi connectivity index (χ2n) is 7.54. The molecule has 0 aliphatic carbocycles. The first-order chi connectivity index (χ1) is 14.6. The van der Waals surface area contributed by atoms with Crippen molar-refractivity contribution in [1.82, 2.24) is 15.1 Å². The number of benzene rings is 2. The van der Waals surface area contributed by atoms with Gasteiger partial charge in [-0.25, -0.2) is 9.18 Å². The minimum absolute atomic E-state index is 0.0103. The molecule has 1 fully saturated rings. The standard InChI is InChI=1S/C21H18ClF4N3O2/c1-11-15-7-16(18(23)8-19(15)28-27-11)20(30)31-14-4-5-29(10-14)9-12-2-3-13(22)6-17(12)21(24,25)26/h2-3,6-8,14H,4-5,9-10H2,1H3,(H,27,28). The number of fused-ring (bicyclic) bond motifs is 1. The third kappa shape index (κ3) is 4.52. The quantitative estimate of drug-likeness (QED) is 0.438. The van der Waals surface area contributed by atoms with E-state index >= 15 is 0 Å². The zero-order chi connectivity index (χ0) is 22.3. The number of alkyl halides is 3. The molecule has 31 heavy (non-hydrogen) atoms. The maximum Gasteiger partial charge on any atom is 0.416 e. The average molecular weight is 456 g/mol. The highest BCUT2D eigenvalue weighted by atomic mass is 35.5. The summed E-state index contributed by atoms with van der Waals surface area (Å²) in [5, 5.41) is 7.28. The predicted octanol–water partition coefficient (Wildman–Crippen LogP) is 5.11. The summed E-state index contributed by atoms with van der Waals surface area (Å²) in [4.78, 5) is 14.3. The molecule has 3 aromatic rings. The van der Waals surface area contributed by atoms with Gasteiger partial charge in [-0.1, -0.05) is 17.7 Å². The number of hydrogen-bond donors (Lipinski definition) is 1. The van der Waals surface area contributed by atoms with Gasteiger partial charge in [0.25, 0.3) is 0 Å². The van der Waals surface area contributed by atoms with Crippen LogP contribution in [0.5, 0.6) is 0 Å². The molecule has 4 rings (SSSR count). The Balaban J connectivity index is 1.44. The first kappa shape index (κ1) is 21.6. The van der Waals surface area contributed by atoms with Crippen LogP contribution in [0.15, 0.2) is 30.3 Å². The van der Waals surface area contributed by atoms with Crippen molar-refractivity contribution in [3.8, 4) is 0 Å². The Kier molecular flexibility index (Phi) is 5.65. The fraction of sp³-hybridized carbons (Fsp3) is 0.333. The van der Waals surface area contributed by atoms with Crippen molar-refractivity contribution in [2.24, 2.45) is 0 Å². The molecule has 10 heteroatoms. The molecule has 0 bridgehead atoms. The van der Waals surface area contributed by atoms with Crippen LogP contribution in [-0.4, -0.2) is 40.3 Å². The molecule has 2 aromatic carbocycles. The molecule has 1 saturated heterocycles. The summed E-state index contributed by atoms with van der Waals surface area (Å²) in [7, 11) is 0. The second-order valence-corrected chi connectivity index (χ2v) is 7.97. The largest absolute Gasteiger partial charge is 0.457 e. The molecular formula is C21H18ClF4N3O2. The lowest BCUT2D eigenvalue weighted by Crippen LogP contribution is -2.26. The average Bonchev–Trinajstić information content (AvgIpc) is 3.28. The number of nitrogens with zero attached hydrogens (tertiary/aromatic N) is 2. The van der Waals surface area contributed by atoms with Crippen LogP contribution in [0, 0.1) is 12.7 Å². The van der Waals surface area contributed by atoms with Crippen LogP contribution in [0.1, 0.15) is 33.6 Å². The number of aromatic amines is 1. The minimum atomic E-state index is -4.52. The third-order valence-electron chi connectivity index (χ3n) is 5.34. The lowest BCUT2D eigenvalue weighted by molar-refractivity contribution is -0.138. The summed E-state index contributed by atoms with van der Waals surface area (Å²) in [6.07, 6.45) is -4.63. The third-order valence-corrected chi connectivity index (χ3v) is 5.57. The van der Waals surface area contributed by atoms with E-state index in [1.807, 2.05) is 0 Å². The van der Waals surface area contributed by atoms with Gasteiger partial charge in [0.1, 0.15) is 11.9 Å². The molecular weight excluding hydrogens is 438 g/mol. The van der Waals surface area contributed by atoms with Crippen LogP contribution in [0.25, 0.3) is 10.9 Å². The van der Waals surface area contributed by atoms with Gasteiger partial charge in [0.2, 0.25) is 0 Å². The van der Waals surface area contributed by atoms with E-state index in [0.29, 0.717) is 29.6 Å². The van der Waals surface area contributed by atoms with Gasteiger partial charge in [0.05, 0.1) is 22.3 Å². The maximum absolute atomic E-state index is 14.3. The Morgan fingerprint density at radius 1 is 1.32 bits per heavy atom. The molecule has 1 atom stereocenters. The Hall–Kier alpha value is -2.65. The minimum Gasteiger partial charge on any atom is -0.457 e. The number of nitrogens with one attached hydrogen (secondary N) is 1. The van der Waals surface area contributed by atoms with Crippen molar-refractivity contribution < 1.29 is 27.1 Å². The molecule has 0 spiro atoms. The van der Waals surface area contributed by atoms with Gasteiger partial charge in [0, 0.05) is 36.1 Å². The normalized spacial score (nSPS) is 17.4. The fourth-order valence-corrected chi connectivity index (χ4v) is 3.94. The van der Waals surface area contributed by atoms with Gasteiger partial charge < -0.3 is 4.74 Å². The van der Waals surface area contributed by atoms with Gasteiger partial charge in [-0.2, -0.15) is 18.3 Å². The Morgan fingerprint density at radius 3 is 2.84 bits per heavy atom. The van der Waals surface area contributed by atoms with Crippen LogP contribution in [-0.2, 0) is 17.5 Å². The summed E-state index contributed by atoms with van der Waals surface area (Å²) >= 11 is 5.72. The summed E-state index contributed by atoms with van der Waals surface area (Å²) < 4.78 is 59.7. The number of H-pyrrole nitrogens is 1. The number of halogens is 5. The number of aromatic nitrogens is 2. The molecule has 1 aliphatic rings. The number of carbonyl (C=O) groups is 1. The lowest BCUT2D eigenvalue weighted by atomic mass is 10.1. The number of likely N-dealkylation sites (tertiary alicyclic amines) is 1. The van der Waals surface area contributed by atoms with Crippen LogP contribution in [0.2, 0.25) is 5.02 Å². The molecule has 2 heterocycles. The number of hydrogen-bond acceptors (Lipinski definition) is 4. The zero-order valence-electron chi connectivity index (χ0n) is 16.4. The van der Waals surface area contributed by atoms with E-state index in [-0.39, 0.29) is 29.2 Å². The highest BCUT2D eigenvalue weighted by Gasteiger charge is 2.35. The van der Waals surface area contributed by atoms with E-state index in [1.54, 1.807) is 11.8 Å². The SMILES string of the molecule is Cc1n[nH]c2cc(F)c(C(=O)OC3CCN(Cc4ccc(Cl)cc4C(F)(F)F)C3)cc12. The summed E-state index contributed by atoms with van der Waals surface area (Å²) in [6, 6.07) is 6.24. The van der Waals surface area contributed by atoms with Crippen LogP contribution in [0.4, 0.5) is 17.6 Å². The van der Waals surface area contributed by atoms with Gasteiger partial charge in [0.15, 0.2) is 0 Å². The molecule has 5 nitrogen and oxygen atoms in total. The highest BCUT2D eigenvalue weighted by molar-refractivity contribution is 6.30. The lowest BCUT2D eigenvalue weighted by Gasteiger charge is -2.20. The second kappa shape index (κ2) is 8.12. The zero-order valence-corrected chi connectivity index (χ0v) is 17.1. The van der Waals surface area contributed by atoms with E-state index < -0.39 is 29.6 Å². The van der Waals surface area contributed by atoms with Crippen LogP contribution in [0.3, 0.4) is 0 Å². The van der Waals surface area contributed by atoms with E-state index in [2.05, 4.69) is 10.2 Å². The maximum atomic E-state index is 14.3. The van der Waals surface area contributed by atoms with Crippen molar-refractivity contribution in [2.45, 2.75) is 32.2 Å². The molecule has 0 radical (unpaired) electrons. The smallest absolute Gasteiger partial charge is 0.416 e. The summed E-state index contributed by atoms with van der Waals surface area (Å²) in [5.74, 6) is -1.54. The molecule has 164 valence electrons. The van der Waals surface area contributed by atoms with E-state index in [9.17, 15) is 22.4 Å². The molecule has 0 saturated carbocycles. The van der Waals surface area contributed by atoms with Crippen molar-refractivity contribution >= 4 is 28.5 Å². The van der Waals surface area contributed by atoms with Gasteiger partial charge in [-0.15, -0.1) is 0 Å². The van der Waals surface area contributed by atoms with Crippen LogP contribution >= 0.6 is 11.6 Å². The fourth-order valence-electron chi connectivity index (χ4n) is 3.77. The van der Waals surface area contributed by atoms with Crippen molar-refractivity contribution in [3.05, 3.63) is 63.6 Å². The van der Waals surface area contributed by atoms with Crippen molar-refractivity contribution in [3.63, 3.8) is 0 Å². The Morgan fingerprint density at radius 2 is 2.10 bits per heavy atom. The van der Waals surface area contributed by atoms with E-state index in [1.165, 1.54) is 24.3 Å². The van der Waals surface area contributed by atoms with Crippen LogP contribution < -0.4 is 0 Å². The highest BCUT2D eigenvalue weighted by Crippen LogP contribution is 2.35. The predicted molar refractivity (Wildman–Crippen MR) is 106 cm³/mol. The number of carbonyl (C=O) groups excluding carboxylic acids is 1. The van der Waals surface area contributed by atoms with Gasteiger partial charge in [-0.05, 0) is 37.1 Å². The first-order valence-corrected chi connectivity index (χ1v) is 9.93. The van der Waals surface area contributed by atoms with Crippen molar-refractivity contribution in [2.75, 3.05) is 13.1 Å². The number of ether oxygens (including phenoxy) is 1. The Labute approximate surface area is 179 Å². The summed E-state index contributed by atoms with van der Waals surface area (Å²) in [6.45, 7) is 2.46. The molecule has 1 aromatic heterocycles. The number of esters is 1. The first-order valence-electron chi connectivity index (χ1n) is 9.55. The number of rotatable bonds is 4. The van der Waals surface area contributed by atoms with Gasteiger partial charge in [-0.3, -0.25) is 10.00 Å². The molecule has 0 amide bonds. The molecule has 1 N–H and O–H groups in total. The topological polar surface area (TPSA) is 58.2 Å². The van der Waals surface area contributed by atoms with Gasteiger partial charge >= 0.3 is 12.1 Å². The monoisotopic (exact) mass is 455 g/mol. The molecule has 1 aliphatic heterocycles. The Bertz CT molecular complexity index is 1150.